The second-order valence-corrected chi connectivity index (χ2v) is 7.34. The number of carbonyl (C=O) groups excluding carboxylic acids is 1. The van der Waals surface area contributed by atoms with Crippen molar-refractivity contribution in [2.75, 3.05) is 12.3 Å². The zero-order valence-corrected chi connectivity index (χ0v) is 15.2. The number of phenolic OH excluding ortho intramolecular Hbond substituents is 1. The fourth-order valence-corrected chi connectivity index (χ4v) is 3.50. The number of rotatable bonds is 7. The molecule has 1 unspecified atom stereocenters. The van der Waals surface area contributed by atoms with E-state index in [1.165, 1.54) is 16.8 Å². The van der Waals surface area contributed by atoms with E-state index < -0.39 is 24.7 Å². The van der Waals surface area contributed by atoms with E-state index in [1.807, 2.05) is 0 Å². The minimum atomic E-state index is -4.45. The van der Waals surface area contributed by atoms with Gasteiger partial charge in [0, 0.05) is 6.04 Å². The van der Waals surface area contributed by atoms with Gasteiger partial charge < -0.3 is 10.0 Å². The Hall–Kier alpha value is -2.30. The Morgan fingerprint density at radius 2 is 2.04 bits per heavy atom. The molecule has 1 fully saturated rings. The maximum absolute atomic E-state index is 12.9. The Balaban J connectivity index is 1.69. The molecule has 0 bridgehead atoms. The van der Waals surface area contributed by atoms with Crippen LogP contribution < -0.4 is 0 Å². The molecule has 7 nitrogen and oxygen atoms in total. The normalized spacial score (nSPS) is 15.6. The predicted molar refractivity (Wildman–Crippen MR) is 91.5 cm³/mol. The van der Waals surface area contributed by atoms with Gasteiger partial charge in [-0.3, -0.25) is 4.79 Å². The van der Waals surface area contributed by atoms with Crippen molar-refractivity contribution in [2.24, 2.45) is 5.92 Å². The van der Waals surface area contributed by atoms with E-state index in [4.69, 9.17) is 0 Å². The first-order valence-electron chi connectivity index (χ1n) is 8.31. The number of alkyl halides is 3. The van der Waals surface area contributed by atoms with Crippen molar-refractivity contribution in [3.8, 4) is 11.4 Å². The van der Waals surface area contributed by atoms with E-state index in [0.29, 0.717) is 5.69 Å². The molecule has 0 aliphatic heterocycles. The zero-order chi connectivity index (χ0) is 19.6. The van der Waals surface area contributed by atoms with Crippen molar-refractivity contribution < 1.29 is 23.1 Å². The second kappa shape index (κ2) is 7.75. The lowest BCUT2D eigenvalue weighted by Gasteiger charge is -2.30. The smallest absolute Gasteiger partial charge is 0.406 e. The molecule has 1 N–H and O–H groups in total. The summed E-state index contributed by atoms with van der Waals surface area (Å²) in [5, 5.41) is 20.8. The number of aromatic nitrogens is 4. The second-order valence-electron chi connectivity index (χ2n) is 6.39. The first-order valence-corrected chi connectivity index (χ1v) is 9.30. The van der Waals surface area contributed by atoms with Crippen LogP contribution in [0.15, 0.2) is 29.4 Å². The maximum Gasteiger partial charge on any atom is 0.406 e. The first-order chi connectivity index (χ1) is 12.7. The van der Waals surface area contributed by atoms with Gasteiger partial charge in [-0.25, -0.2) is 0 Å². The summed E-state index contributed by atoms with van der Waals surface area (Å²) in [6, 6.07) is 5.64. The van der Waals surface area contributed by atoms with Crippen molar-refractivity contribution in [1.29, 1.82) is 0 Å². The van der Waals surface area contributed by atoms with Gasteiger partial charge in [-0.1, -0.05) is 11.8 Å². The van der Waals surface area contributed by atoms with E-state index in [-0.39, 0.29) is 22.6 Å². The van der Waals surface area contributed by atoms with E-state index in [9.17, 15) is 23.1 Å². The summed E-state index contributed by atoms with van der Waals surface area (Å²) < 4.78 is 40.0. The summed E-state index contributed by atoms with van der Waals surface area (Å²) in [6.45, 7) is 0.402. The molecule has 1 saturated carbocycles. The number of carbonyl (C=O) groups is 1. The minimum Gasteiger partial charge on any atom is -0.508 e. The van der Waals surface area contributed by atoms with Crippen molar-refractivity contribution >= 4 is 17.7 Å². The van der Waals surface area contributed by atoms with Crippen molar-refractivity contribution in [3.63, 3.8) is 0 Å². The maximum atomic E-state index is 12.9. The highest BCUT2D eigenvalue weighted by Gasteiger charge is 2.40. The lowest BCUT2D eigenvalue weighted by molar-refractivity contribution is -0.164. The van der Waals surface area contributed by atoms with Crippen molar-refractivity contribution in [2.45, 2.75) is 37.1 Å². The lowest BCUT2D eigenvalue weighted by atomic mass is 10.2. The quantitative estimate of drug-likeness (QED) is 0.718. The molecule has 1 heterocycles. The van der Waals surface area contributed by atoms with Crippen LogP contribution in [0.25, 0.3) is 5.69 Å². The Morgan fingerprint density at radius 3 is 2.63 bits per heavy atom. The van der Waals surface area contributed by atoms with Gasteiger partial charge >= 0.3 is 6.18 Å². The van der Waals surface area contributed by atoms with Crippen LogP contribution in [-0.2, 0) is 4.79 Å². The van der Waals surface area contributed by atoms with Crippen molar-refractivity contribution in [3.05, 3.63) is 24.3 Å². The number of nitrogens with zero attached hydrogens (tertiary/aromatic N) is 5. The number of amides is 1. The third-order valence-electron chi connectivity index (χ3n) is 4.33. The van der Waals surface area contributed by atoms with E-state index in [0.717, 1.165) is 29.5 Å². The van der Waals surface area contributed by atoms with Crippen LogP contribution in [0.3, 0.4) is 0 Å². The molecular formula is C16H18F3N5O2S. The monoisotopic (exact) mass is 401 g/mol. The fraction of sp³-hybridized carbons (Fsp3) is 0.500. The molecule has 27 heavy (non-hydrogen) atoms. The molecular weight excluding hydrogens is 383 g/mol. The van der Waals surface area contributed by atoms with Gasteiger partial charge in [0.25, 0.3) is 0 Å². The standard InChI is InChI=1S/C16H18F3N5O2S/c1-10(11-2-3-11)23(9-16(17,18)19)14(26)8-27-15-20-21-22-24(15)12-4-6-13(25)7-5-12/h4-7,10-11,25H,2-3,8-9H2,1H3. The predicted octanol–water partition coefficient (Wildman–Crippen LogP) is 2.65. The third-order valence-corrected chi connectivity index (χ3v) is 5.23. The molecule has 1 aromatic carbocycles. The highest BCUT2D eigenvalue weighted by atomic mass is 32.2. The van der Waals surface area contributed by atoms with Gasteiger partial charge in [0.2, 0.25) is 11.1 Å². The number of halogens is 3. The molecule has 0 radical (unpaired) electrons. The van der Waals surface area contributed by atoms with E-state index in [2.05, 4.69) is 15.5 Å². The van der Waals surface area contributed by atoms with Crippen LogP contribution in [0.1, 0.15) is 19.8 Å². The van der Waals surface area contributed by atoms with Crippen LogP contribution in [0, 0.1) is 5.92 Å². The molecule has 146 valence electrons. The number of benzene rings is 1. The number of thioether (sulfide) groups is 1. The number of hydrogen-bond donors (Lipinski definition) is 1. The molecule has 3 rings (SSSR count). The number of phenols is 1. The van der Waals surface area contributed by atoms with Gasteiger partial charge in [-0.15, -0.1) is 5.10 Å². The Bertz CT molecular complexity index is 792. The van der Waals surface area contributed by atoms with Gasteiger partial charge in [0.05, 0.1) is 11.4 Å². The highest BCUT2D eigenvalue weighted by Crippen LogP contribution is 2.36. The third kappa shape index (κ3) is 5.12. The molecule has 0 saturated heterocycles. The highest BCUT2D eigenvalue weighted by molar-refractivity contribution is 7.99. The van der Waals surface area contributed by atoms with Gasteiger partial charge in [0.1, 0.15) is 12.3 Å². The number of aromatic hydroxyl groups is 1. The Morgan fingerprint density at radius 1 is 1.37 bits per heavy atom. The summed E-state index contributed by atoms with van der Waals surface area (Å²) >= 11 is 0.971. The molecule has 0 spiro atoms. The Kier molecular flexibility index (Phi) is 5.59. The molecule has 1 aliphatic rings. The molecule has 1 amide bonds. The van der Waals surface area contributed by atoms with E-state index >= 15 is 0 Å². The van der Waals surface area contributed by atoms with Gasteiger partial charge in [-0.2, -0.15) is 17.9 Å². The van der Waals surface area contributed by atoms with Crippen LogP contribution in [0.4, 0.5) is 13.2 Å². The number of tetrazole rings is 1. The summed E-state index contributed by atoms with van der Waals surface area (Å²) in [7, 11) is 0. The average molecular weight is 401 g/mol. The summed E-state index contributed by atoms with van der Waals surface area (Å²) in [5.74, 6) is -0.598. The summed E-state index contributed by atoms with van der Waals surface area (Å²) in [6.07, 6.45) is -2.76. The topological polar surface area (TPSA) is 84.1 Å². The number of hydrogen-bond acceptors (Lipinski definition) is 6. The van der Waals surface area contributed by atoms with Crippen molar-refractivity contribution in [1.82, 2.24) is 25.1 Å². The summed E-state index contributed by atoms with van der Waals surface area (Å²) in [5.41, 5.74) is 0.561. The van der Waals surface area contributed by atoms with Crippen LogP contribution in [0.2, 0.25) is 0 Å². The SMILES string of the molecule is CC(C1CC1)N(CC(F)(F)F)C(=O)CSc1nnnn1-c1ccc(O)cc1. The average Bonchev–Trinajstić information content (AvgIpc) is 3.35. The summed E-state index contributed by atoms with van der Waals surface area (Å²) in [4.78, 5) is 13.4. The zero-order valence-electron chi connectivity index (χ0n) is 14.4. The van der Waals surface area contributed by atoms with Crippen LogP contribution in [0.5, 0.6) is 5.75 Å². The molecule has 1 atom stereocenters. The molecule has 1 aromatic heterocycles. The minimum absolute atomic E-state index is 0.0769. The fourth-order valence-electron chi connectivity index (χ4n) is 2.72. The van der Waals surface area contributed by atoms with Gasteiger partial charge in [0.15, 0.2) is 0 Å². The van der Waals surface area contributed by atoms with Crippen LogP contribution >= 0.6 is 11.8 Å². The molecule has 2 aromatic rings. The molecule has 11 heteroatoms. The lowest BCUT2D eigenvalue weighted by Crippen LogP contribution is -2.46. The van der Waals surface area contributed by atoms with E-state index in [1.54, 1.807) is 19.1 Å². The van der Waals surface area contributed by atoms with Crippen LogP contribution in [-0.4, -0.2) is 60.6 Å². The Labute approximate surface area is 157 Å². The first kappa shape index (κ1) is 19.5. The van der Waals surface area contributed by atoms with Gasteiger partial charge in [-0.05, 0) is 60.4 Å². The largest absolute Gasteiger partial charge is 0.508 e. The molecule has 1 aliphatic carbocycles.